The van der Waals surface area contributed by atoms with Crippen molar-refractivity contribution in [2.24, 2.45) is 0 Å². The Labute approximate surface area is 86.1 Å². The standard InChI is InChI=1S/C11H20O3/c1-4-6-11(12)14-9-7-10(3)13-8-5-2/h4,10H,1,5-9H2,2-3H3. The van der Waals surface area contributed by atoms with Crippen LogP contribution in [0.25, 0.3) is 0 Å². The molecule has 0 radical (unpaired) electrons. The topological polar surface area (TPSA) is 35.5 Å². The zero-order chi connectivity index (χ0) is 10.8. The molecule has 82 valence electrons. The van der Waals surface area contributed by atoms with Crippen molar-refractivity contribution in [3.8, 4) is 0 Å². The number of carbonyl (C=O) groups is 1. The number of hydrogen-bond acceptors (Lipinski definition) is 3. The third-order valence-corrected chi connectivity index (χ3v) is 1.70. The lowest BCUT2D eigenvalue weighted by atomic mass is 10.3. The molecule has 0 aliphatic carbocycles. The van der Waals surface area contributed by atoms with Gasteiger partial charge < -0.3 is 9.47 Å². The van der Waals surface area contributed by atoms with Gasteiger partial charge in [0.25, 0.3) is 0 Å². The molecule has 0 aromatic rings. The highest BCUT2D eigenvalue weighted by Gasteiger charge is 2.03. The highest BCUT2D eigenvalue weighted by molar-refractivity contribution is 5.70. The smallest absolute Gasteiger partial charge is 0.309 e. The van der Waals surface area contributed by atoms with Crippen LogP contribution in [0, 0.1) is 0 Å². The predicted molar refractivity (Wildman–Crippen MR) is 56.1 cm³/mol. The van der Waals surface area contributed by atoms with Crippen LogP contribution >= 0.6 is 0 Å². The van der Waals surface area contributed by atoms with Crippen molar-refractivity contribution in [3.63, 3.8) is 0 Å². The Morgan fingerprint density at radius 2 is 2.21 bits per heavy atom. The fourth-order valence-electron chi connectivity index (χ4n) is 0.918. The molecule has 0 aromatic carbocycles. The first-order chi connectivity index (χ1) is 6.70. The van der Waals surface area contributed by atoms with Gasteiger partial charge in [-0.15, -0.1) is 6.58 Å². The molecule has 0 heterocycles. The second kappa shape index (κ2) is 8.75. The highest BCUT2D eigenvalue weighted by Crippen LogP contribution is 1.99. The fraction of sp³-hybridized carbons (Fsp3) is 0.727. The molecule has 0 amide bonds. The molecule has 3 heteroatoms. The Morgan fingerprint density at radius 1 is 1.50 bits per heavy atom. The van der Waals surface area contributed by atoms with Gasteiger partial charge in [-0.2, -0.15) is 0 Å². The Hall–Kier alpha value is -0.830. The molecule has 1 unspecified atom stereocenters. The third-order valence-electron chi connectivity index (χ3n) is 1.70. The number of carbonyl (C=O) groups excluding carboxylic acids is 1. The van der Waals surface area contributed by atoms with Crippen molar-refractivity contribution in [1.29, 1.82) is 0 Å². The van der Waals surface area contributed by atoms with E-state index in [0.29, 0.717) is 6.61 Å². The van der Waals surface area contributed by atoms with Gasteiger partial charge in [0.15, 0.2) is 0 Å². The predicted octanol–water partition coefficient (Wildman–Crippen LogP) is 2.31. The van der Waals surface area contributed by atoms with E-state index in [0.717, 1.165) is 19.4 Å². The van der Waals surface area contributed by atoms with Crippen LogP contribution in [0.2, 0.25) is 0 Å². The van der Waals surface area contributed by atoms with Crippen molar-refractivity contribution >= 4 is 5.97 Å². The van der Waals surface area contributed by atoms with E-state index in [1.165, 1.54) is 0 Å². The molecular formula is C11H20O3. The van der Waals surface area contributed by atoms with E-state index in [-0.39, 0.29) is 18.5 Å². The lowest BCUT2D eigenvalue weighted by Crippen LogP contribution is -2.14. The van der Waals surface area contributed by atoms with Crippen molar-refractivity contribution < 1.29 is 14.3 Å². The van der Waals surface area contributed by atoms with E-state index >= 15 is 0 Å². The maximum atomic E-state index is 10.9. The molecule has 0 saturated heterocycles. The first-order valence-corrected chi connectivity index (χ1v) is 5.08. The summed E-state index contributed by atoms with van der Waals surface area (Å²) < 4.78 is 10.4. The second-order valence-corrected chi connectivity index (χ2v) is 3.18. The van der Waals surface area contributed by atoms with Gasteiger partial charge in [-0.05, 0) is 13.3 Å². The minimum absolute atomic E-state index is 0.159. The summed E-state index contributed by atoms with van der Waals surface area (Å²) in [4.78, 5) is 10.9. The molecule has 0 aliphatic rings. The molecular weight excluding hydrogens is 180 g/mol. The van der Waals surface area contributed by atoms with Gasteiger partial charge >= 0.3 is 5.97 Å². The Balaban J connectivity index is 3.34. The molecule has 0 rings (SSSR count). The van der Waals surface area contributed by atoms with E-state index in [2.05, 4.69) is 13.5 Å². The van der Waals surface area contributed by atoms with Gasteiger partial charge in [0.05, 0.1) is 19.1 Å². The van der Waals surface area contributed by atoms with E-state index in [4.69, 9.17) is 9.47 Å². The molecule has 3 nitrogen and oxygen atoms in total. The average molecular weight is 200 g/mol. The first kappa shape index (κ1) is 13.2. The van der Waals surface area contributed by atoms with Crippen molar-refractivity contribution in [1.82, 2.24) is 0 Å². The van der Waals surface area contributed by atoms with Crippen LogP contribution in [-0.4, -0.2) is 25.3 Å². The van der Waals surface area contributed by atoms with Crippen molar-refractivity contribution in [2.45, 2.75) is 39.2 Å². The molecule has 0 N–H and O–H groups in total. The lowest BCUT2D eigenvalue weighted by Gasteiger charge is -2.11. The third kappa shape index (κ3) is 7.80. The number of rotatable bonds is 8. The van der Waals surface area contributed by atoms with Gasteiger partial charge in [-0.1, -0.05) is 13.0 Å². The van der Waals surface area contributed by atoms with Gasteiger partial charge in [-0.25, -0.2) is 0 Å². The summed E-state index contributed by atoms with van der Waals surface area (Å²) in [6, 6.07) is 0. The summed E-state index contributed by atoms with van der Waals surface area (Å²) in [5, 5.41) is 0. The highest BCUT2D eigenvalue weighted by atomic mass is 16.5. The van der Waals surface area contributed by atoms with Gasteiger partial charge in [0.1, 0.15) is 0 Å². The number of hydrogen-bond donors (Lipinski definition) is 0. The maximum absolute atomic E-state index is 10.9. The Kier molecular flexibility index (Phi) is 8.24. The largest absolute Gasteiger partial charge is 0.465 e. The van der Waals surface area contributed by atoms with Gasteiger partial charge in [-0.3, -0.25) is 4.79 Å². The summed E-state index contributed by atoms with van der Waals surface area (Å²) in [5.74, 6) is -0.220. The van der Waals surface area contributed by atoms with Crippen molar-refractivity contribution in [2.75, 3.05) is 13.2 Å². The molecule has 0 fully saturated rings. The van der Waals surface area contributed by atoms with E-state index in [1.54, 1.807) is 6.08 Å². The monoisotopic (exact) mass is 200 g/mol. The number of esters is 1. The van der Waals surface area contributed by atoms with Crippen molar-refractivity contribution in [3.05, 3.63) is 12.7 Å². The number of ether oxygens (including phenoxy) is 2. The minimum Gasteiger partial charge on any atom is -0.465 e. The molecule has 0 bridgehead atoms. The second-order valence-electron chi connectivity index (χ2n) is 3.18. The van der Waals surface area contributed by atoms with Crippen LogP contribution in [0.4, 0.5) is 0 Å². The molecule has 0 aliphatic heterocycles. The van der Waals surface area contributed by atoms with Crippen LogP contribution < -0.4 is 0 Å². The van der Waals surface area contributed by atoms with Crippen LogP contribution in [0.3, 0.4) is 0 Å². The zero-order valence-electron chi connectivity index (χ0n) is 9.12. The van der Waals surface area contributed by atoms with Crippen LogP contribution in [-0.2, 0) is 14.3 Å². The molecule has 1 atom stereocenters. The molecule has 14 heavy (non-hydrogen) atoms. The quantitative estimate of drug-likeness (QED) is 0.445. The summed E-state index contributed by atoms with van der Waals surface area (Å²) in [5.41, 5.74) is 0. The first-order valence-electron chi connectivity index (χ1n) is 5.08. The molecule has 0 saturated carbocycles. The Bertz CT molecular complexity index is 166. The zero-order valence-corrected chi connectivity index (χ0v) is 9.12. The SMILES string of the molecule is C=CCC(=O)OCCC(C)OCCC. The lowest BCUT2D eigenvalue weighted by molar-refractivity contribution is -0.143. The normalized spacial score (nSPS) is 12.1. The van der Waals surface area contributed by atoms with E-state index in [9.17, 15) is 4.79 Å². The summed E-state index contributed by atoms with van der Waals surface area (Å²) in [6.45, 7) is 8.70. The Morgan fingerprint density at radius 3 is 2.79 bits per heavy atom. The molecule has 0 aromatic heterocycles. The fourth-order valence-corrected chi connectivity index (χ4v) is 0.918. The van der Waals surface area contributed by atoms with E-state index in [1.807, 2.05) is 6.92 Å². The maximum Gasteiger partial charge on any atom is 0.309 e. The van der Waals surface area contributed by atoms with Crippen LogP contribution in [0.5, 0.6) is 0 Å². The summed E-state index contributed by atoms with van der Waals surface area (Å²) in [7, 11) is 0. The average Bonchev–Trinajstić information content (AvgIpc) is 2.15. The summed E-state index contributed by atoms with van der Waals surface area (Å²) in [6.07, 6.45) is 3.75. The minimum atomic E-state index is -0.220. The van der Waals surface area contributed by atoms with Gasteiger partial charge in [0.2, 0.25) is 0 Å². The van der Waals surface area contributed by atoms with Crippen LogP contribution in [0.15, 0.2) is 12.7 Å². The molecule has 0 spiro atoms. The van der Waals surface area contributed by atoms with E-state index < -0.39 is 0 Å². The van der Waals surface area contributed by atoms with Crippen LogP contribution in [0.1, 0.15) is 33.1 Å². The van der Waals surface area contributed by atoms with Gasteiger partial charge in [0, 0.05) is 13.0 Å². The summed E-state index contributed by atoms with van der Waals surface area (Å²) >= 11 is 0.